The maximum atomic E-state index is 8.62. The van der Waals surface area contributed by atoms with Crippen molar-refractivity contribution in [1.29, 1.82) is 0 Å². The summed E-state index contributed by atoms with van der Waals surface area (Å²) < 4.78 is 5.57. The summed E-state index contributed by atoms with van der Waals surface area (Å²) in [6.45, 7) is 0.985. The van der Waals surface area contributed by atoms with Crippen LogP contribution in [0.25, 0.3) is 0 Å². The van der Waals surface area contributed by atoms with Gasteiger partial charge in [-0.15, -0.1) is 0 Å². The van der Waals surface area contributed by atoms with Crippen LogP contribution in [-0.2, 0) is 0 Å². The van der Waals surface area contributed by atoms with E-state index in [1.807, 2.05) is 24.3 Å². The van der Waals surface area contributed by atoms with E-state index in [9.17, 15) is 0 Å². The minimum atomic E-state index is 0.279. The van der Waals surface area contributed by atoms with Crippen LogP contribution in [0.4, 0.5) is 0 Å². The number of hydrogen-bond acceptors (Lipinski definition) is 3. The minimum Gasteiger partial charge on any atom is -0.494 e. The molecule has 0 aliphatic carbocycles. The van der Waals surface area contributed by atoms with E-state index in [0.717, 1.165) is 37.0 Å². The van der Waals surface area contributed by atoms with Crippen molar-refractivity contribution in [2.45, 2.75) is 25.7 Å². The molecule has 94 valence electrons. The van der Waals surface area contributed by atoms with Crippen molar-refractivity contribution >= 4 is 17.2 Å². The molecular weight excluding hydrogens is 234 g/mol. The highest BCUT2D eigenvalue weighted by Gasteiger charge is 1.97. The Morgan fingerprint density at radius 3 is 2.35 bits per heavy atom. The third kappa shape index (κ3) is 5.65. The molecule has 4 heteroatoms. The smallest absolute Gasteiger partial charge is 0.119 e. The summed E-state index contributed by atoms with van der Waals surface area (Å²) in [5, 5.41) is 8.62. The average Bonchev–Trinajstić information content (AvgIpc) is 2.34. The lowest BCUT2D eigenvalue weighted by Gasteiger charge is -2.06. The Morgan fingerprint density at radius 2 is 1.76 bits per heavy atom. The Labute approximate surface area is 108 Å². The Bertz CT molecular complexity index is 338. The van der Waals surface area contributed by atoms with Gasteiger partial charge in [-0.1, -0.05) is 18.6 Å². The van der Waals surface area contributed by atoms with Crippen LogP contribution in [0.3, 0.4) is 0 Å². The summed E-state index contributed by atoms with van der Waals surface area (Å²) >= 11 is 4.87. The van der Waals surface area contributed by atoms with E-state index in [0.29, 0.717) is 11.6 Å². The first-order chi connectivity index (χ1) is 8.24. The van der Waals surface area contributed by atoms with Gasteiger partial charge in [-0.3, -0.25) is 0 Å². The zero-order valence-corrected chi connectivity index (χ0v) is 10.7. The second-order valence-corrected chi connectivity index (χ2v) is 4.31. The third-order valence-corrected chi connectivity index (χ3v) is 2.70. The van der Waals surface area contributed by atoms with Crippen molar-refractivity contribution in [2.75, 3.05) is 13.2 Å². The van der Waals surface area contributed by atoms with Gasteiger partial charge in [-0.05, 0) is 43.5 Å². The van der Waals surface area contributed by atoms with Gasteiger partial charge in [0.2, 0.25) is 0 Å². The SMILES string of the molecule is NC(=S)c1ccc(OCCCCCCO)cc1. The molecule has 0 bridgehead atoms. The van der Waals surface area contributed by atoms with E-state index in [4.69, 9.17) is 27.8 Å². The minimum absolute atomic E-state index is 0.279. The van der Waals surface area contributed by atoms with Crippen molar-refractivity contribution < 1.29 is 9.84 Å². The number of unbranched alkanes of at least 4 members (excludes halogenated alkanes) is 3. The van der Waals surface area contributed by atoms with Gasteiger partial charge in [0.25, 0.3) is 0 Å². The molecule has 0 saturated heterocycles. The van der Waals surface area contributed by atoms with Crippen molar-refractivity contribution in [1.82, 2.24) is 0 Å². The van der Waals surface area contributed by atoms with Gasteiger partial charge in [-0.25, -0.2) is 0 Å². The predicted octanol–water partition coefficient (Wildman–Crippen LogP) is 2.25. The van der Waals surface area contributed by atoms with Crippen LogP contribution >= 0.6 is 12.2 Å². The molecule has 0 atom stereocenters. The van der Waals surface area contributed by atoms with Crippen LogP contribution in [0.1, 0.15) is 31.2 Å². The molecule has 1 aromatic carbocycles. The Kier molecular flexibility index (Phi) is 6.58. The zero-order valence-electron chi connectivity index (χ0n) is 9.89. The molecule has 3 nitrogen and oxygen atoms in total. The summed E-state index contributed by atoms with van der Waals surface area (Å²) in [4.78, 5) is 0.403. The molecule has 0 fully saturated rings. The lowest BCUT2D eigenvalue weighted by atomic mass is 10.2. The molecule has 0 radical (unpaired) electrons. The normalized spacial score (nSPS) is 10.2. The highest BCUT2D eigenvalue weighted by molar-refractivity contribution is 7.80. The van der Waals surface area contributed by atoms with Gasteiger partial charge < -0.3 is 15.6 Å². The maximum absolute atomic E-state index is 8.62. The fraction of sp³-hybridized carbons (Fsp3) is 0.462. The fourth-order valence-electron chi connectivity index (χ4n) is 1.47. The molecule has 0 unspecified atom stereocenters. The Morgan fingerprint density at radius 1 is 1.12 bits per heavy atom. The van der Waals surface area contributed by atoms with Crippen LogP contribution in [0.15, 0.2) is 24.3 Å². The lowest BCUT2D eigenvalue weighted by molar-refractivity contribution is 0.273. The quantitative estimate of drug-likeness (QED) is 0.551. The molecule has 1 rings (SSSR count). The molecule has 0 spiro atoms. The summed E-state index contributed by atoms with van der Waals surface area (Å²) in [5.74, 6) is 0.840. The van der Waals surface area contributed by atoms with Gasteiger partial charge in [0.05, 0.1) is 6.61 Å². The van der Waals surface area contributed by atoms with Crippen LogP contribution < -0.4 is 10.5 Å². The molecular formula is C13H19NO2S. The van der Waals surface area contributed by atoms with Crippen molar-refractivity contribution in [3.63, 3.8) is 0 Å². The number of aliphatic hydroxyl groups is 1. The number of thiocarbonyl (C=S) groups is 1. The Hall–Kier alpha value is -1.13. The van der Waals surface area contributed by atoms with E-state index < -0.39 is 0 Å². The Balaban J connectivity index is 2.21. The molecule has 1 aromatic rings. The van der Waals surface area contributed by atoms with Gasteiger partial charge in [0.15, 0.2) is 0 Å². The van der Waals surface area contributed by atoms with Crippen LogP contribution in [0, 0.1) is 0 Å². The highest BCUT2D eigenvalue weighted by Crippen LogP contribution is 2.12. The molecule has 0 amide bonds. The fourth-order valence-corrected chi connectivity index (χ4v) is 1.61. The van der Waals surface area contributed by atoms with Gasteiger partial charge in [-0.2, -0.15) is 0 Å². The molecule has 17 heavy (non-hydrogen) atoms. The van der Waals surface area contributed by atoms with Crippen molar-refractivity contribution in [2.24, 2.45) is 5.73 Å². The summed E-state index contributed by atoms with van der Waals surface area (Å²) in [6, 6.07) is 7.48. The van der Waals surface area contributed by atoms with E-state index in [1.165, 1.54) is 0 Å². The van der Waals surface area contributed by atoms with E-state index in [-0.39, 0.29) is 6.61 Å². The average molecular weight is 253 g/mol. The predicted molar refractivity (Wildman–Crippen MR) is 73.4 cm³/mol. The number of nitrogens with two attached hydrogens (primary N) is 1. The summed E-state index contributed by atoms with van der Waals surface area (Å²) in [5.41, 5.74) is 6.36. The van der Waals surface area contributed by atoms with Crippen LogP contribution in [-0.4, -0.2) is 23.3 Å². The van der Waals surface area contributed by atoms with Crippen LogP contribution in [0.5, 0.6) is 5.75 Å². The number of aliphatic hydroxyl groups excluding tert-OH is 1. The lowest BCUT2D eigenvalue weighted by Crippen LogP contribution is -2.08. The highest BCUT2D eigenvalue weighted by atomic mass is 32.1. The van der Waals surface area contributed by atoms with Gasteiger partial charge >= 0.3 is 0 Å². The second-order valence-electron chi connectivity index (χ2n) is 3.87. The van der Waals surface area contributed by atoms with Gasteiger partial charge in [0, 0.05) is 12.2 Å². The largest absolute Gasteiger partial charge is 0.494 e. The maximum Gasteiger partial charge on any atom is 0.119 e. The van der Waals surface area contributed by atoms with Crippen molar-refractivity contribution in [3.8, 4) is 5.75 Å². The van der Waals surface area contributed by atoms with Gasteiger partial charge in [0.1, 0.15) is 10.7 Å². The molecule has 0 heterocycles. The molecule has 0 aliphatic rings. The molecule has 0 aromatic heterocycles. The number of rotatable bonds is 8. The topological polar surface area (TPSA) is 55.5 Å². The monoisotopic (exact) mass is 253 g/mol. The number of ether oxygens (including phenoxy) is 1. The first-order valence-corrected chi connectivity index (χ1v) is 6.28. The van der Waals surface area contributed by atoms with Crippen LogP contribution in [0.2, 0.25) is 0 Å². The summed E-state index contributed by atoms with van der Waals surface area (Å²) in [7, 11) is 0. The van der Waals surface area contributed by atoms with E-state index in [1.54, 1.807) is 0 Å². The summed E-state index contributed by atoms with van der Waals surface area (Å²) in [6.07, 6.45) is 4.03. The standard InChI is InChI=1S/C13H19NO2S/c14-13(17)11-5-7-12(8-6-11)16-10-4-2-1-3-9-15/h5-8,15H,1-4,9-10H2,(H2,14,17). The second kappa shape index (κ2) is 8.03. The first-order valence-electron chi connectivity index (χ1n) is 5.87. The molecule has 3 N–H and O–H groups in total. The molecule has 0 aliphatic heterocycles. The van der Waals surface area contributed by atoms with E-state index >= 15 is 0 Å². The van der Waals surface area contributed by atoms with Crippen molar-refractivity contribution in [3.05, 3.63) is 29.8 Å². The third-order valence-electron chi connectivity index (χ3n) is 2.46. The molecule has 0 saturated carbocycles. The first kappa shape index (κ1) is 13.9. The zero-order chi connectivity index (χ0) is 12.5. The van der Waals surface area contributed by atoms with E-state index in [2.05, 4.69) is 0 Å². The number of benzene rings is 1. The number of hydrogen-bond donors (Lipinski definition) is 2.